The lowest BCUT2D eigenvalue weighted by molar-refractivity contribution is 0.340. The minimum atomic E-state index is 0.359. The normalized spacial score (nSPS) is 12.4. The number of ether oxygens (including phenoxy) is 1. The monoisotopic (exact) mass is 275 g/mol. The van der Waals surface area contributed by atoms with Crippen LogP contribution in [0.1, 0.15) is 31.7 Å². The highest BCUT2D eigenvalue weighted by Crippen LogP contribution is 2.30. The van der Waals surface area contributed by atoms with Gasteiger partial charge >= 0.3 is 0 Å². The van der Waals surface area contributed by atoms with E-state index < -0.39 is 0 Å². The zero-order chi connectivity index (χ0) is 13.7. The highest BCUT2D eigenvalue weighted by molar-refractivity contribution is 7.10. The lowest BCUT2D eigenvalue weighted by Gasteiger charge is -2.22. The molecule has 2 aromatic rings. The summed E-state index contributed by atoms with van der Waals surface area (Å²) in [6, 6.07) is 12.8. The first-order chi connectivity index (χ1) is 9.20. The molecule has 102 valence electrons. The summed E-state index contributed by atoms with van der Waals surface area (Å²) in [5.74, 6) is 1.47. The molecule has 2 nitrogen and oxygen atoms in total. The van der Waals surface area contributed by atoms with E-state index >= 15 is 0 Å². The Bertz CT molecular complexity index is 476. The first-order valence-electron chi connectivity index (χ1n) is 6.73. The predicted octanol–water partition coefficient (Wildman–Crippen LogP) is 4.96. The molecule has 0 saturated heterocycles. The number of nitrogens with one attached hydrogen (secondary N) is 1. The van der Waals surface area contributed by atoms with Crippen LogP contribution in [0.15, 0.2) is 41.8 Å². The third-order valence-corrected chi connectivity index (χ3v) is 3.96. The van der Waals surface area contributed by atoms with Crippen molar-refractivity contribution in [3.8, 4) is 5.75 Å². The van der Waals surface area contributed by atoms with Crippen molar-refractivity contribution >= 4 is 17.0 Å². The highest BCUT2D eigenvalue weighted by atomic mass is 32.1. The van der Waals surface area contributed by atoms with E-state index in [0.717, 1.165) is 11.4 Å². The number of hydrogen-bond acceptors (Lipinski definition) is 3. The van der Waals surface area contributed by atoms with Crippen molar-refractivity contribution in [3.05, 3.63) is 46.7 Å². The molecule has 1 aromatic heterocycles. The molecule has 1 heterocycles. The summed E-state index contributed by atoms with van der Waals surface area (Å²) in [5.41, 5.74) is 1.13. The van der Waals surface area contributed by atoms with Crippen LogP contribution in [0.4, 0.5) is 5.69 Å². The maximum atomic E-state index is 5.46. The molecule has 0 amide bonds. The van der Waals surface area contributed by atoms with Gasteiger partial charge in [-0.2, -0.15) is 0 Å². The molecule has 0 radical (unpaired) electrons. The molecular formula is C16H21NOS. The molecule has 2 rings (SSSR count). The van der Waals surface area contributed by atoms with E-state index in [4.69, 9.17) is 4.74 Å². The Kier molecular flexibility index (Phi) is 4.86. The second-order valence-electron chi connectivity index (χ2n) is 4.84. The van der Waals surface area contributed by atoms with Crippen LogP contribution in [-0.2, 0) is 0 Å². The maximum Gasteiger partial charge on any atom is 0.119 e. The molecule has 3 heteroatoms. The zero-order valence-electron chi connectivity index (χ0n) is 11.7. The van der Waals surface area contributed by atoms with Gasteiger partial charge in [-0.05, 0) is 48.6 Å². The van der Waals surface area contributed by atoms with Crippen LogP contribution in [0.5, 0.6) is 5.75 Å². The zero-order valence-corrected chi connectivity index (χ0v) is 12.5. The fourth-order valence-corrected chi connectivity index (χ4v) is 2.98. The van der Waals surface area contributed by atoms with E-state index in [1.54, 1.807) is 11.3 Å². The van der Waals surface area contributed by atoms with Crippen LogP contribution in [0.2, 0.25) is 0 Å². The minimum Gasteiger partial charge on any atom is -0.494 e. The summed E-state index contributed by atoms with van der Waals surface area (Å²) in [6.07, 6.45) is 0. The first kappa shape index (κ1) is 13.9. The number of rotatable bonds is 6. The van der Waals surface area contributed by atoms with Crippen molar-refractivity contribution in [3.63, 3.8) is 0 Å². The van der Waals surface area contributed by atoms with Crippen molar-refractivity contribution in [2.24, 2.45) is 5.92 Å². The number of benzene rings is 1. The SMILES string of the molecule is CCOc1ccc(NC(c2cccs2)C(C)C)cc1. The molecule has 0 bridgehead atoms. The standard InChI is InChI=1S/C16H21NOS/c1-4-18-14-9-7-13(8-10-14)17-16(12(2)3)15-6-5-11-19-15/h5-12,16-17H,4H2,1-3H3. The van der Waals surface area contributed by atoms with Gasteiger partial charge in [-0.3, -0.25) is 0 Å². The second-order valence-corrected chi connectivity index (χ2v) is 5.82. The largest absolute Gasteiger partial charge is 0.494 e. The summed E-state index contributed by atoms with van der Waals surface area (Å²) >= 11 is 1.80. The fraction of sp³-hybridized carbons (Fsp3) is 0.375. The Morgan fingerprint density at radius 3 is 2.42 bits per heavy atom. The highest BCUT2D eigenvalue weighted by Gasteiger charge is 2.16. The number of thiophene rings is 1. The van der Waals surface area contributed by atoms with E-state index in [0.29, 0.717) is 18.6 Å². The van der Waals surface area contributed by atoms with Gasteiger partial charge in [0.1, 0.15) is 5.75 Å². The van der Waals surface area contributed by atoms with Crippen LogP contribution in [0.3, 0.4) is 0 Å². The first-order valence-corrected chi connectivity index (χ1v) is 7.61. The maximum absolute atomic E-state index is 5.46. The van der Waals surface area contributed by atoms with Crippen LogP contribution >= 0.6 is 11.3 Å². The molecule has 19 heavy (non-hydrogen) atoms. The molecular weight excluding hydrogens is 254 g/mol. The molecule has 1 atom stereocenters. The van der Waals surface area contributed by atoms with Gasteiger partial charge < -0.3 is 10.1 Å². The van der Waals surface area contributed by atoms with Crippen molar-refractivity contribution in [1.29, 1.82) is 0 Å². The molecule has 0 spiro atoms. The lowest BCUT2D eigenvalue weighted by atomic mass is 10.0. The average molecular weight is 275 g/mol. The topological polar surface area (TPSA) is 21.3 Å². The summed E-state index contributed by atoms with van der Waals surface area (Å²) in [5, 5.41) is 5.73. The third kappa shape index (κ3) is 3.74. The Morgan fingerprint density at radius 1 is 1.16 bits per heavy atom. The molecule has 1 N–H and O–H groups in total. The Labute approximate surface area is 119 Å². The molecule has 0 aliphatic heterocycles. The molecule has 0 aliphatic rings. The van der Waals surface area contributed by atoms with Crippen molar-refractivity contribution in [2.45, 2.75) is 26.8 Å². The van der Waals surface area contributed by atoms with Gasteiger partial charge in [0, 0.05) is 10.6 Å². The molecule has 1 aromatic carbocycles. The quantitative estimate of drug-likeness (QED) is 0.805. The minimum absolute atomic E-state index is 0.359. The van der Waals surface area contributed by atoms with Gasteiger partial charge in [0.15, 0.2) is 0 Å². The fourth-order valence-electron chi connectivity index (χ4n) is 2.03. The Balaban J connectivity index is 2.09. The van der Waals surface area contributed by atoms with Gasteiger partial charge in [0.2, 0.25) is 0 Å². The number of anilines is 1. The molecule has 0 saturated carbocycles. The Hall–Kier alpha value is -1.48. The van der Waals surface area contributed by atoms with Gasteiger partial charge in [0.25, 0.3) is 0 Å². The average Bonchev–Trinajstić information content (AvgIpc) is 2.91. The summed E-state index contributed by atoms with van der Waals surface area (Å²) in [6.45, 7) is 7.19. The smallest absolute Gasteiger partial charge is 0.119 e. The van der Waals surface area contributed by atoms with Crippen LogP contribution in [-0.4, -0.2) is 6.61 Å². The Morgan fingerprint density at radius 2 is 1.89 bits per heavy atom. The predicted molar refractivity (Wildman–Crippen MR) is 83.1 cm³/mol. The van der Waals surface area contributed by atoms with Crippen molar-refractivity contribution in [1.82, 2.24) is 0 Å². The summed E-state index contributed by atoms with van der Waals surface area (Å²) in [4.78, 5) is 1.38. The van der Waals surface area contributed by atoms with E-state index in [9.17, 15) is 0 Å². The van der Waals surface area contributed by atoms with Gasteiger partial charge in [-0.15, -0.1) is 11.3 Å². The second kappa shape index (κ2) is 6.62. The number of hydrogen-bond donors (Lipinski definition) is 1. The van der Waals surface area contributed by atoms with Crippen molar-refractivity contribution < 1.29 is 4.74 Å². The molecule has 1 unspecified atom stereocenters. The van der Waals surface area contributed by atoms with Gasteiger partial charge in [-0.1, -0.05) is 19.9 Å². The molecule has 0 fully saturated rings. The summed E-state index contributed by atoms with van der Waals surface area (Å²) in [7, 11) is 0. The van der Waals surface area contributed by atoms with Crippen LogP contribution in [0, 0.1) is 5.92 Å². The van der Waals surface area contributed by atoms with Crippen LogP contribution in [0.25, 0.3) is 0 Å². The third-order valence-electron chi connectivity index (χ3n) is 3.00. The molecule has 0 aliphatic carbocycles. The van der Waals surface area contributed by atoms with E-state index in [1.807, 2.05) is 19.1 Å². The van der Waals surface area contributed by atoms with Gasteiger partial charge in [-0.25, -0.2) is 0 Å². The summed E-state index contributed by atoms with van der Waals surface area (Å²) < 4.78 is 5.46. The van der Waals surface area contributed by atoms with Crippen molar-refractivity contribution in [2.75, 3.05) is 11.9 Å². The lowest BCUT2D eigenvalue weighted by Crippen LogP contribution is -2.15. The van der Waals surface area contributed by atoms with Gasteiger partial charge in [0.05, 0.1) is 12.6 Å². The van der Waals surface area contributed by atoms with E-state index in [1.165, 1.54) is 4.88 Å². The van der Waals surface area contributed by atoms with Crippen LogP contribution < -0.4 is 10.1 Å². The van der Waals surface area contributed by atoms with E-state index in [-0.39, 0.29) is 0 Å². The van der Waals surface area contributed by atoms with E-state index in [2.05, 4.69) is 48.8 Å².